The molecule has 0 saturated carbocycles. The fourth-order valence-electron chi connectivity index (χ4n) is 2.11. The first-order valence-corrected chi connectivity index (χ1v) is 9.76. The number of carbonyl (C=O) groups excluding carboxylic acids is 1. The maximum Gasteiger partial charge on any atom is 0.305 e. The van der Waals surface area contributed by atoms with Crippen molar-refractivity contribution >= 4 is 17.7 Å². The van der Waals surface area contributed by atoms with Crippen molar-refractivity contribution in [1.29, 1.82) is 0 Å². The molecule has 0 bridgehead atoms. The fraction of sp³-hybridized carbons (Fsp3) is 0.833. The standard InChI is InChI=1S/C18H34O2S/c1-3-4-13-16-21-17-14-11-9-7-5-6-8-10-12-15-18(19)20-2/h9,11H,3-8,10,12-17H2,1-2H3/b11-9-. The highest BCUT2D eigenvalue weighted by Gasteiger charge is 1.98. The van der Waals surface area contributed by atoms with E-state index in [1.807, 2.05) is 0 Å². The Hall–Kier alpha value is -0.440. The highest BCUT2D eigenvalue weighted by Crippen LogP contribution is 2.10. The van der Waals surface area contributed by atoms with Crippen LogP contribution in [0.1, 0.15) is 77.6 Å². The lowest BCUT2D eigenvalue weighted by molar-refractivity contribution is -0.140. The van der Waals surface area contributed by atoms with Crippen molar-refractivity contribution in [1.82, 2.24) is 0 Å². The summed E-state index contributed by atoms with van der Waals surface area (Å²) in [7, 11) is 1.46. The van der Waals surface area contributed by atoms with Gasteiger partial charge in [-0.1, -0.05) is 51.2 Å². The van der Waals surface area contributed by atoms with Crippen LogP contribution >= 0.6 is 11.8 Å². The molecule has 0 aromatic rings. The molecule has 0 N–H and O–H groups in total. The third-order valence-electron chi connectivity index (χ3n) is 3.47. The number of unbranched alkanes of at least 4 members (excludes halogenated alkanes) is 7. The van der Waals surface area contributed by atoms with Gasteiger partial charge in [0.25, 0.3) is 0 Å². The van der Waals surface area contributed by atoms with Crippen molar-refractivity contribution in [3.8, 4) is 0 Å². The highest BCUT2D eigenvalue weighted by molar-refractivity contribution is 7.99. The topological polar surface area (TPSA) is 26.3 Å². The first-order chi connectivity index (χ1) is 10.3. The molecule has 124 valence electrons. The molecule has 0 unspecified atom stereocenters. The zero-order valence-corrected chi connectivity index (χ0v) is 14.9. The lowest BCUT2D eigenvalue weighted by atomic mass is 10.1. The number of thioether (sulfide) groups is 1. The molecule has 0 heterocycles. The van der Waals surface area contributed by atoms with E-state index >= 15 is 0 Å². The molecule has 0 aliphatic carbocycles. The molecular weight excluding hydrogens is 280 g/mol. The molecule has 0 aromatic heterocycles. The Balaban J connectivity index is 3.10. The molecule has 0 radical (unpaired) electrons. The van der Waals surface area contributed by atoms with Crippen LogP contribution in [0.4, 0.5) is 0 Å². The molecule has 0 fully saturated rings. The molecule has 0 amide bonds. The normalized spacial score (nSPS) is 11.1. The lowest BCUT2D eigenvalue weighted by Gasteiger charge is -2.00. The first-order valence-electron chi connectivity index (χ1n) is 8.60. The number of rotatable bonds is 15. The summed E-state index contributed by atoms with van der Waals surface area (Å²) in [5, 5.41) is 0. The summed E-state index contributed by atoms with van der Waals surface area (Å²) < 4.78 is 4.62. The third-order valence-corrected chi connectivity index (χ3v) is 4.57. The summed E-state index contributed by atoms with van der Waals surface area (Å²) in [6, 6.07) is 0. The molecule has 2 nitrogen and oxygen atoms in total. The molecule has 0 spiro atoms. The van der Waals surface area contributed by atoms with Crippen molar-refractivity contribution in [2.24, 2.45) is 0 Å². The van der Waals surface area contributed by atoms with Gasteiger partial charge in [0.1, 0.15) is 0 Å². The smallest absolute Gasteiger partial charge is 0.305 e. The molecule has 0 atom stereocenters. The first kappa shape index (κ1) is 20.6. The van der Waals surface area contributed by atoms with E-state index in [1.54, 1.807) is 0 Å². The van der Waals surface area contributed by atoms with E-state index in [9.17, 15) is 4.79 Å². The minimum absolute atomic E-state index is 0.0782. The highest BCUT2D eigenvalue weighted by atomic mass is 32.2. The van der Waals surface area contributed by atoms with Gasteiger partial charge in [-0.3, -0.25) is 4.79 Å². The third kappa shape index (κ3) is 17.5. The lowest BCUT2D eigenvalue weighted by Crippen LogP contribution is -1.98. The van der Waals surface area contributed by atoms with Gasteiger partial charge in [-0.2, -0.15) is 11.8 Å². The van der Waals surface area contributed by atoms with Crippen LogP contribution in [0.25, 0.3) is 0 Å². The molecule has 0 saturated heterocycles. The SMILES string of the molecule is CCCCCSCC/C=C\CCCCCCCC(=O)OC. The average molecular weight is 315 g/mol. The number of allylic oxidation sites excluding steroid dienone is 2. The predicted molar refractivity (Wildman–Crippen MR) is 94.9 cm³/mol. The Morgan fingerprint density at radius 2 is 1.62 bits per heavy atom. The number of methoxy groups -OCH3 is 1. The van der Waals surface area contributed by atoms with E-state index < -0.39 is 0 Å². The summed E-state index contributed by atoms with van der Waals surface area (Å²) in [5.74, 6) is 2.52. The summed E-state index contributed by atoms with van der Waals surface area (Å²) in [5.41, 5.74) is 0. The van der Waals surface area contributed by atoms with E-state index in [0.717, 1.165) is 12.8 Å². The summed E-state index contributed by atoms with van der Waals surface area (Å²) >= 11 is 2.09. The minimum atomic E-state index is -0.0782. The van der Waals surface area contributed by atoms with E-state index in [2.05, 4.69) is 35.6 Å². The largest absolute Gasteiger partial charge is 0.469 e. The average Bonchev–Trinajstić information content (AvgIpc) is 2.50. The van der Waals surface area contributed by atoms with E-state index in [4.69, 9.17) is 0 Å². The second kappa shape index (κ2) is 17.6. The van der Waals surface area contributed by atoms with Crippen LogP contribution < -0.4 is 0 Å². The van der Waals surface area contributed by atoms with Gasteiger partial charge in [-0.25, -0.2) is 0 Å². The van der Waals surface area contributed by atoms with Crippen LogP contribution in [0, 0.1) is 0 Å². The summed E-state index contributed by atoms with van der Waals surface area (Å²) in [6.07, 6.45) is 17.6. The van der Waals surface area contributed by atoms with E-state index in [1.165, 1.54) is 70.0 Å². The molecule has 0 aromatic carbocycles. The Bertz CT molecular complexity index is 252. The van der Waals surface area contributed by atoms with Gasteiger partial charge < -0.3 is 4.74 Å². The molecule has 21 heavy (non-hydrogen) atoms. The van der Waals surface area contributed by atoms with Crippen molar-refractivity contribution in [3.63, 3.8) is 0 Å². The van der Waals surface area contributed by atoms with Gasteiger partial charge in [0.05, 0.1) is 7.11 Å². The monoisotopic (exact) mass is 314 g/mol. The van der Waals surface area contributed by atoms with Crippen LogP contribution in [0.5, 0.6) is 0 Å². The maximum absolute atomic E-state index is 10.9. The van der Waals surface area contributed by atoms with Gasteiger partial charge in [0.15, 0.2) is 0 Å². The van der Waals surface area contributed by atoms with E-state index in [-0.39, 0.29) is 5.97 Å². The van der Waals surface area contributed by atoms with Gasteiger partial charge in [-0.05, 0) is 43.6 Å². The van der Waals surface area contributed by atoms with Crippen LogP contribution in [-0.4, -0.2) is 24.6 Å². The van der Waals surface area contributed by atoms with Crippen LogP contribution in [0.3, 0.4) is 0 Å². The van der Waals surface area contributed by atoms with E-state index in [0.29, 0.717) is 6.42 Å². The van der Waals surface area contributed by atoms with Crippen LogP contribution in [-0.2, 0) is 9.53 Å². The number of ether oxygens (including phenoxy) is 1. The number of hydrogen-bond acceptors (Lipinski definition) is 3. The summed E-state index contributed by atoms with van der Waals surface area (Å²) in [4.78, 5) is 10.9. The Morgan fingerprint density at radius 3 is 2.38 bits per heavy atom. The van der Waals surface area contributed by atoms with Crippen molar-refractivity contribution < 1.29 is 9.53 Å². The van der Waals surface area contributed by atoms with Crippen molar-refractivity contribution in [2.45, 2.75) is 77.6 Å². The van der Waals surface area contributed by atoms with Gasteiger partial charge in [0.2, 0.25) is 0 Å². The van der Waals surface area contributed by atoms with Crippen LogP contribution in [0.2, 0.25) is 0 Å². The molecule has 0 aliphatic heterocycles. The minimum Gasteiger partial charge on any atom is -0.469 e. The van der Waals surface area contributed by atoms with Gasteiger partial charge >= 0.3 is 5.97 Å². The number of esters is 1. The number of carbonyl (C=O) groups is 1. The quantitative estimate of drug-likeness (QED) is 0.218. The molecular formula is C18H34O2S. The van der Waals surface area contributed by atoms with Crippen molar-refractivity contribution in [2.75, 3.05) is 18.6 Å². The summed E-state index contributed by atoms with van der Waals surface area (Å²) in [6.45, 7) is 2.26. The van der Waals surface area contributed by atoms with Gasteiger partial charge in [-0.15, -0.1) is 0 Å². The Kier molecular flexibility index (Phi) is 17.2. The second-order valence-corrected chi connectivity index (χ2v) is 6.69. The second-order valence-electron chi connectivity index (χ2n) is 5.46. The zero-order valence-electron chi connectivity index (χ0n) is 14.1. The molecule has 0 rings (SSSR count). The number of hydrogen-bond donors (Lipinski definition) is 0. The molecule has 0 aliphatic rings. The predicted octanol–water partition coefficient (Wildman–Crippen LogP) is 5.76. The zero-order chi connectivity index (χ0) is 15.6. The fourth-order valence-corrected chi connectivity index (χ4v) is 3.02. The molecule has 3 heteroatoms. The van der Waals surface area contributed by atoms with Gasteiger partial charge in [0, 0.05) is 6.42 Å². The Morgan fingerprint density at radius 1 is 0.905 bits per heavy atom. The maximum atomic E-state index is 10.9. The Labute approximate surface area is 136 Å². The van der Waals surface area contributed by atoms with Crippen LogP contribution in [0.15, 0.2) is 12.2 Å². The van der Waals surface area contributed by atoms with Crippen molar-refractivity contribution in [3.05, 3.63) is 12.2 Å².